The summed E-state index contributed by atoms with van der Waals surface area (Å²) in [5.74, 6) is -1.09. The number of hydrogen-bond donors (Lipinski definition) is 2. The summed E-state index contributed by atoms with van der Waals surface area (Å²) in [6.45, 7) is 0. The van der Waals surface area contributed by atoms with E-state index in [0.717, 1.165) is 0 Å². The van der Waals surface area contributed by atoms with E-state index in [0.29, 0.717) is 5.56 Å². The molecule has 0 spiro atoms. The Bertz CT molecular complexity index is 398. The van der Waals surface area contributed by atoms with E-state index in [1.807, 2.05) is 0 Å². The maximum absolute atomic E-state index is 11.9. The van der Waals surface area contributed by atoms with Crippen LogP contribution in [0.25, 0.3) is 0 Å². The molecule has 0 fully saturated rings. The minimum atomic E-state index is -4.22. The average molecular weight is 262 g/mol. The Kier molecular flexibility index (Phi) is 4.72. The summed E-state index contributed by atoms with van der Waals surface area (Å²) in [5.41, 5.74) is 0.489. The predicted octanol–water partition coefficient (Wildman–Crippen LogP) is 3.15. The lowest BCUT2D eigenvalue weighted by molar-refractivity contribution is -0.136. The van der Waals surface area contributed by atoms with Gasteiger partial charge in [0, 0.05) is 6.42 Å². The van der Waals surface area contributed by atoms with Crippen molar-refractivity contribution >= 4 is 5.97 Å². The van der Waals surface area contributed by atoms with Gasteiger partial charge in [-0.15, -0.1) is 0 Å². The molecule has 2 N–H and O–H groups in total. The number of aliphatic hydroxyl groups excluding tert-OH is 1. The maximum atomic E-state index is 11.9. The fourth-order valence-corrected chi connectivity index (χ4v) is 1.51. The number of alkyl halides is 3. The normalized spacial score (nSPS) is 13.3. The lowest BCUT2D eigenvalue weighted by Gasteiger charge is -2.12. The number of rotatable bonds is 5. The number of aliphatic hydroxyl groups is 1. The lowest BCUT2D eigenvalue weighted by Crippen LogP contribution is -2.08. The molecule has 3 nitrogen and oxygen atoms in total. The Morgan fingerprint density at radius 3 is 2.22 bits per heavy atom. The van der Waals surface area contributed by atoms with Crippen molar-refractivity contribution in [2.45, 2.75) is 31.5 Å². The molecule has 0 aliphatic rings. The van der Waals surface area contributed by atoms with Crippen molar-refractivity contribution < 1.29 is 28.2 Å². The van der Waals surface area contributed by atoms with E-state index in [4.69, 9.17) is 5.11 Å². The molecule has 100 valence electrons. The summed E-state index contributed by atoms with van der Waals surface area (Å²) in [7, 11) is 0. The van der Waals surface area contributed by atoms with Crippen LogP contribution in [0.4, 0.5) is 13.2 Å². The summed E-state index contributed by atoms with van der Waals surface area (Å²) < 4.78 is 35.7. The standard InChI is InChI=1S/C12H13F3O3/c13-12(14,15)7-1-2-10(16)8-3-5-9(6-4-8)11(17)18/h3-6,10,16H,1-2,7H2,(H,17,18). The summed E-state index contributed by atoms with van der Waals surface area (Å²) in [6, 6.07) is 5.43. The fourth-order valence-electron chi connectivity index (χ4n) is 1.51. The average Bonchev–Trinajstić information content (AvgIpc) is 2.27. The first-order valence-corrected chi connectivity index (χ1v) is 5.37. The molecule has 0 bridgehead atoms. The Balaban J connectivity index is 2.51. The highest BCUT2D eigenvalue weighted by molar-refractivity contribution is 5.87. The Morgan fingerprint density at radius 2 is 1.78 bits per heavy atom. The second-order valence-electron chi connectivity index (χ2n) is 3.95. The van der Waals surface area contributed by atoms with Gasteiger partial charge in [-0.1, -0.05) is 12.1 Å². The lowest BCUT2D eigenvalue weighted by atomic mass is 10.0. The topological polar surface area (TPSA) is 57.5 Å². The molecule has 1 rings (SSSR count). The molecular weight excluding hydrogens is 249 g/mol. The van der Waals surface area contributed by atoms with Crippen LogP contribution in [0, 0.1) is 0 Å². The minimum absolute atomic E-state index is 0.00801. The summed E-state index contributed by atoms with van der Waals surface area (Å²) >= 11 is 0. The predicted molar refractivity (Wildman–Crippen MR) is 58.3 cm³/mol. The van der Waals surface area contributed by atoms with Crippen LogP contribution in [-0.2, 0) is 0 Å². The van der Waals surface area contributed by atoms with E-state index in [1.54, 1.807) is 0 Å². The highest BCUT2D eigenvalue weighted by Crippen LogP contribution is 2.26. The van der Waals surface area contributed by atoms with Gasteiger partial charge >= 0.3 is 12.1 Å². The van der Waals surface area contributed by atoms with Crippen molar-refractivity contribution in [1.29, 1.82) is 0 Å². The molecule has 0 saturated carbocycles. The van der Waals surface area contributed by atoms with Gasteiger partial charge in [0.2, 0.25) is 0 Å². The number of carboxylic acids is 1. The Labute approximate surface area is 102 Å². The van der Waals surface area contributed by atoms with Gasteiger partial charge < -0.3 is 10.2 Å². The first-order valence-electron chi connectivity index (χ1n) is 5.37. The largest absolute Gasteiger partial charge is 0.478 e. The molecule has 0 heterocycles. The van der Waals surface area contributed by atoms with Gasteiger partial charge in [0.25, 0.3) is 0 Å². The number of carboxylic acid groups (broad SMARTS) is 1. The monoisotopic (exact) mass is 262 g/mol. The number of carbonyl (C=O) groups is 1. The van der Waals surface area contributed by atoms with Crippen LogP contribution in [-0.4, -0.2) is 22.4 Å². The Hall–Kier alpha value is -1.56. The molecule has 0 aliphatic heterocycles. The third-order valence-corrected chi connectivity index (χ3v) is 2.48. The molecular formula is C12H13F3O3. The van der Waals surface area contributed by atoms with E-state index in [9.17, 15) is 23.1 Å². The van der Waals surface area contributed by atoms with Gasteiger partial charge in [-0.3, -0.25) is 0 Å². The first-order chi connectivity index (χ1) is 8.29. The summed E-state index contributed by atoms with van der Waals surface area (Å²) in [5, 5.41) is 18.3. The van der Waals surface area contributed by atoms with Gasteiger partial charge in [-0.25, -0.2) is 4.79 Å². The van der Waals surface area contributed by atoms with Crippen molar-refractivity contribution in [3.8, 4) is 0 Å². The van der Waals surface area contributed by atoms with Crippen molar-refractivity contribution in [1.82, 2.24) is 0 Å². The first kappa shape index (κ1) is 14.5. The van der Waals surface area contributed by atoms with E-state index >= 15 is 0 Å². The molecule has 0 aromatic heterocycles. The Morgan fingerprint density at radius 1 is 1.22 bits per heavy atom. The fraction of sp³-hybridized carbons (Fsp3) is 0.417. The quantitative estimate of drug-likeness (QED) is 0.857. The molecule has 1 atom stereocenters. The zero-order chi connectivity index (χ0) is 13.8. The van der Waals surface area contributed by atoms with Crippen LogP contribution in [0.5, 0.6) is 0 Å². The third kappa shape index (κ3) is 4.75. The zero-order valence-electron chi connectivity index (χ0n) is 9.44. The maximum Gasteiger partial charge on any atom is 0.389 e. The van der Waals surface area contributed by atoms with Gasteiger partial charge in [-0.2, -0.15) is 13.2 Å². The summed E-state index contributed by atoms with van der Waals surface area (Å²) in [4.78, 5) is 10.6. The van der Waals surface area contributed by atoms with Crippen LogP contribution < -0.4 is 0 Å². The highest BCUT2D eigenvalue weighted by atomic mass is 19.4. The van der Waals surface area contributed by atoms with Crippen LogP contribution >= 0.6 is 0 Å². The summed E-state index contributed by atoms with van der Waals surface area (Å²) in [6.07, 6.45) is -6.32. The van der Waals surface area contributed by atoms with Crippen LogP contribution in [0.2, 0.25) is 0 Å². The smallest absolute Gasteiger partial charge is 0.389 e. The molecule has 1 aromatic rings. The van der Waals surface area contributed by atoms with E-state index < -0.39 is 24.7 Å². The molecule has 0 aliphatic carbocycles. The second kappa shape index (κ2) is 5.86. The van der Waals surface area contributed by atoms with E-state index in [2.05, 4.69) is 0 Å². The van der Waals surface area contributed by atoms with Gasteiger partial charge in [-0.05, 0) is 30.5 Å². The van der Waals surface area contributed by atoms with Gasteiger partial charge in [0.15, 0.2) is 0 Å². The zero-order valence-corrected chi connectivity index (χ0v) is 9.44. The molecule has 6 heteroatoms. The molecule has 1 aromatic carbocycles. The van der Waals surface area contributed by atoms with Crippen LogP contribution in [0.3, 0.4) is 0 Å². The third-order valence-electron chi connectivity index (χ3n) is 2.48. The van der Waals surface area contributed by atoms with Crippen LogP contribution in [0.1, 0.15) is 41.3 Å². The van der Waals surface area contributed by atoms with E-state index in [1.165, 1.54) is 24.3 Å². The second-order valence-corrected chi connectivity index (χ2v) is 3.95. The van der Waals surface area contributed by atoms with Crippen molar-refractivity contribution in [2.75, 3.05) is 0 Å². The number of halogens is 3. The van der Waals surface area contributed by atoms with Crippen molar-refractivity contribution in [2.24, 2.45) is 0 Å². The van der Waals surface area contributed by atoms with Crippen molar-refractivity contribution in [3.63, 3.8) is 0 Å². The number of aromatic carboxylic acids is 1. The van der Waals surface area contributed by atoms with Gasteiger partial charge in [0.05, 0.1) is 11.7 Å². The number of benzene rings is 1. The van der Waals surface area contributed by atoms with Gasteiger partial charge in [0.1, 0.15) is 0 Å². The SMILES string of the molecule is O=C(O)c1ccc(C(O)CCCC(F)(F)F)cc1. The number of hydrogen-bond acceptors (Lipinski definition) is 2. The molecule has 0 amide bonds. The van der Waals surface area contributed by atoms with E-state index in [-0.39, 0.29) is 18.4 Å². The van der Waals surface area contributed by atoms with Crippen LogP contribution in [0.15, 0.2) is 24.3 Å². The molecule has 18 heavy (non-hydrogen) atoms. The molecule has 1 unspecified atom stereocenters. The molecule has 0 saturated heterocycles. The minimum Gasteiger partial charge on any atom is -0.478 e. The van der Waals surface area contributed by atoms with Crippen molar-refractivity contribution in [3.05, 3.63) is 35.4 Å². The molecule has 0 radical (unpaired) electrons. The highest BCUT2D eigenvalue weighted by Gasteiger charge is 2.26.